The van der Waals surface area contributed by atoms with Crippen molar-refractivity contribution < 1.29 is 19.1 Å². The lowest BCUT2D eigenvalue weighted by Crippen LogP contribution is -2.49. The number of rotatable bonds is 5. The molecule has 8 heteroatoms. The fourth-order valence-electron chi connectivity index (χ4n) is 2.88. The summed E-state index contributed by atoms with van der Waals surface area (Å²) >= 11 is 6.06. The molecular formula is C18H20ClN3O4. The van der Waals surface area contributed by atoms with Crippen LogP contribution in [-0.4, -0.2) is 66.1 Å². The van der Waals surface area contributed by atoms with Crippen LogP contribution in [0.25, 0.3) is 0 Å². The Labute approximate surface area is 156 Å². The number of carbonyl (C=O) groups excluding carboxylic acids is 2. The number of benzene rings is 1. The molecule has 0 radical (unpaired) electrons. The predicted molar refractivity (Wildman–Crippen MR) is 97.5 cm³/mol. The second-order valence-corrected chi connectivity index (χ2v) is 6.42. The molecule has 0 bridgehead atoms. The Morgan fingerprint density at radius 2 is 1.96 bits per heavy atom. The molecule has 1 aromatic heterocycles. The highest BCUT2D eigenvalue weighted by molar-refractivity contribution is 6.31. The van der Waals surface area contributed by atoms with Crippen molar-refractivity contribution in [1.29, 1.82) is 0 Å². The Morgan fingerprint density at radius 1 is 1.19 bits per heavy atom. The van der Waals surface area contributed by atoms with Gasteiger partial charge in [-0.15, -0.1) is 0 Å². The molecule has 7 nitrogen and oxygen atoms in total. The maximum Gasteiger partial charge on any atom is 0.291 e. The zero-order valence-corrected chi connectivity index (χ0v) is 14.9. The Kier molecular flexibility index (Phi) is 5.92. The van der Waals surface area contributed by atoms with E-state index in [1.54, 1.807) is 35.2 Å². The Morgan fingerprint density at radius 3 is 2.62 bits per heavy atom. The average Bonchev–Trinajstić information content (AvgIpc) is 3.18. The van der Waals surface area contributed by atoms with Crippen LogP contribution in [0.2, 0.25) is 5.02 Å². The number of β-amino-alcohol motifs (C(OH)–C–C–N with tert-alkyl or cyclic N) is 1. The van der Waals surface area contributed by atoms with Crippen LogP contribution in [0.4, 0.5) is 5.69 Å². The summed E-state index contributed by atoms with van der Waals surface area (Å²) in [5.74, 6) is -0.457. The quantitative estimate of drug-likeness (QED) is 0.831. The van der Waals surface area contributed by atoms with Gasteiger partial charge in [0, 0.05) is 37.7 Å². The predicted octanol–water partition coefficient (Wildman–Crippen LogP) is 1.94. The van der Waals surface area contributed by atoms with Crippen LogP contribution in [0.1, 0.15) is 20.9 Å². The van der Waals surface area contributed by atoms with Gasteiger partial charge in [0.15, 0.2) is 5.76 Å². The van der Waals surface area contributed by atoms with E-state index in [-0.39, 0.29) is 18.3 Å². The molecule has 3 rings (SSSR count). The van der Waals surface area contributed by atoms with E-state index in [2.05, 4.69) is 10.2 Å². The minimum absolute atomic E-state index is 0.102. The number of furan rings is 1. The van der Waals surface area contributed by atoms with E-state index in [4.69, 9.17) is 21.1 Å². The maximum absolute atomic E-state index is 12.9. The number of aliphatic hydroxyl groups is 1. The molecule has 2 N–H and O–H groups in total. The molecule has 0 saturated carbocycles. The molecule has 1 fully saturated rings. The number of nitrogens with one attached hydrogen (secondary N) is 1. The summed E-state index contributed by atoms with van der Waals surface area (Å²) in [4.78, 5) is 29.0. The molecule has 1 saturated heterocycles. The topological polar surface area (TPSA) is 86.0 Å². The smallest absolute Gasteiger partial charge is 0.291 e. The summed E-state index contributed by atoms with van der Waals surface area (Å²) in [6.45, 7) is 3.20. The van der Waals surface area contributed by atoms with Crippen LogP contribution in [0.15, 0.2) is 41.0 Å². The molecule has 1 aliphatic rings. The fraction of sp³-hybridized carbons (Fsp3) is 0.333. The first-order valence-corrected chi connectivity index (χ1v) is 8.73. The highest BCUT2D eigenvalue weighted by Crippen LogP contribution is 2.23. The van der Waals surface area contributed by atoms with Gasteiger partial charge in [-0.3, -0.25) is 14.5 Å². The number of amides is 2. The van der Waals surface area contributed by atoms with Crippen LogP contribution in [0.3, 0.4) is 0 Å². The number of hydrogen-bond acceptors (Lipinski definition) is 5. The third-order valence-electron chi connectivity index (χ3n) is 4.28. The van der Waals surface area contributed by atoms with E-state index >= 15 is 0 Å². The summed E-state index contributed by atoms with van der Waals surface area (Å²) in [7, 11) is 0. The van der Waals surface area contributed by atoms with E-state index in [0.29, 0.717) is 49.0 Å². The summed E-state index contributed by atoms with van der Waals surface area (Å²) in [6, 6.07) is 7.96. The van der Waals surface area contributed by atoms with Gasteiger partial charge in [0.1, 0.15) is 0 Å². The van der Waals surface area contributed by atoms with Crippen molar-refractivity contribution in [3.63, 3.8) is 0 Å². The molecule has 0 aliphatic carbocycles. The summed E-state index contributed by atoms with van der Waals surface area (Å²) < 4.78 is 5.08. The number of nitrogens with zero attached hydrogens (tertiary/aromatic N) is 2. The summed E-state index contributed by atoms with van der Waals surface area (Å²) in [5.41, 5.74) is 0.728. The molecule has 0 unspecified atom stereocenters. The number of carbonyl (C=O) groups is 2. The lowest BCUT2D eigenvalue weighted by molar-refractivity contribution is 0.0616. The summed E-state index contributed by atoms with van der Waals surface area (Å²) in [6.07, 6.45) is 1.41. The van der Waals surface area contributed by atoms with Gasteiger partial charge in [-0.25, -0.2) is 0 Å². The minimum atomic E-state index is -0.431. The monoisotopic (exact) mass is 377 g/mol. The van der Waals surface area contributed by atoms with Gasteiger partial charge < -0.3 is 19.7 Å². The van der Waals surface area contributed by atoms with E-state index < -0.39 is 5.91 Å². The molecular weight excluding hydrogens is 358 g/mol. The van der Waals surface area contributed by atoms with Gasteiger partial charge in [0.2, 0.25) is 0 Å². The van der Waals surface area contributed by atoms with Crippen molar-refractivity contribution in [2.75, 3.05) is 44.6 Å². The first-order valence-electron chi connectivity index (χ1n) is 8.35. The Balaban J connectivity index is 1.75. The molecule has 1 aromatic carbocycles. The first-order chi connectivity index (χ1) is 12.6. The Hall–Kier alpha value is -2.35. The average molecular weight is 378 g/mol. The minimum Gasteiger partial charge on any atom is -0.459 e. The molecule has 0 spiro atoms. The highest BCUT2D eigenvalue weighted by Gasteiger charge is 2.24. The van der Waals surface area contributed by atoms with Gasteiger partial charge in [0.05, 0.1) is 24.1 Å². The molecule has 138 valence electrons. The lowest BCUT2D eigenvalue weighted by Gasteiger charge is -2.34. The van der Waals surface area contributed by atoms with E-state index in [1.165, 1.54) is 6.26 Å². The Bertz CT molecular complexity index is 771. The number of halogens is 1. The third kappa shape index (κ3) is 4.24. The lowest BCUT2D eigenvalue weighted by atomic mass is 10.1. The maximum atomic E-state index is 12.9. The van der Waals surface area contributed by atoms with Gasteiger partial charge in [0.25, 0.3) is 11.8 Å². The van der Waals surface area contributed by atoms with Crippen LogP contribution in [0.5, 0.6) is 0 Å². The summed E-state index contributed by atoms with van der Waals surface area (Å²) in [5, 5.41) is 12.1. The van der Waals surface area contributed by atoms with Crippen molar-refractivity contribution in [3.05, 3.63) is 52.9 Å². The van der Waals surface area contributed by atoms with Crippen molar-refractivity contribution >= 4 is 29.1 Å². The second kappa shape index (κ2) is 8.35. The second-order valence-electron chi connectivity index (χ2n) is 5.98. The molecule has 2 amide bonds. The number of anilines is 1. The van der Waals surface area contributed by atoms with Crippen LogP contribution in [-0.2, 0) is 0 Å². The number of hydrogen-bond donors (Lipinski definition) is 2. The van der Waals surface area contributed by atoms with Crippen molar-refractivity contribution in [1.82, 2.24) is 9.80 Å². The van der Waals surface area contributed by atoms with E-state index in [0.717, 1.165) is 0 Å². The van der Waals surface area contributed by atoms with E-state index in [1.807, 2.05) is 0 Å². The highest BCUT2D eigenvalue weighted by atomic mass is 35.5. The third-order valence-corrected chi connectivity index (χ3v) is 4.52. The van der Waals surface area contributed by atoms with Crippen LogP contribution < -0.4 is 5.32 Å². The molecule has 26 heavy (non-hydrogen) atoms. The molecule has 0 atom stereocenters. The zero-order chi connectivity index (χ0) is 18.5. The SMILES string of the molecule is O=C(Nc1ccc(Cl)cc1C(=O)N1CCN(CCO)CC1)c1ccco1. The van der Waals surface area contributed by atoms with Gasteiger partial charge in [-0.1, -0.05) is 11.6 Å². The standard InChI is InChI=1S/C18H20ClN3O4/c19-13-3-4-15(20-17(24)16-2-1-11-26-16)14(12-13)18(25)22-7-5-21(6-8-22)9-10-23/h1-4,11-12,23H,5-10H2,(H,20,24). The van der Waals surface area contributed by atoms with Gasteiger partial charge in [-0.05, 0) is 30.3 Å². The van der Waals surface area contributed by atoms with Gasteiger partial charge in [-0.2, -0.15) is 0 Å². The van der Waals surface area contributed by atoms with Crippen LogP contribution in [0, 0.1) is 0 Å². The van der Waals surface area contributed by atoms with E-state index in [9.17, 15) is 9.59 Å². The zero-order valence-electron chi connectivity index (χ0n) is 14.2. The first kappa shape index (κ1) is 18.4. The fourth-order valence-corrected chi connectivity index (χ4v) is 3.05. The molecule has 2 aromatic rings. The normalized spacial score (nSPS) is 15.1. The van der Waals surface area contributed by atoms with Crippen molar-refractivity contribution in [3.8, 4) is 0 Å². The van der Waals surface area contributed by atoms with Crippen molar-refractivity contribution in [2.45, 2.75) is 0 Å². The number of piperazine rings is 1. The van der Waals surface area contributed by atoms with Crippen LogP contribution >= 0.6 is 11.6 Å². The number of aliphatic hydroxyl groups excluding tert-OH is 1. The van der Waals surface area contributed by atoms with Gasteiger partial charge >= 0.3 is 0 Å². The molecule has 2 heterocycles. The molecule has 1 aliphatic heterocycles. The largest absolute Gasteiger partial charge is 0.459 e. The van der Waals surface area contributed by atoms with Crippen molar-refractivity contribution in [2.24, 2.45) is 0 Å².